The molecule has 3 aromatic rings. The third kappa shape index (κ3) is 3.74. The van der Waals surface area contributed by atoms with Crippen LogP contribution in [0.4, 0.5) is 0 Å². The van der Waals surface area contributed by atoms with Crippen molar-refractivity contribution in [1.29, 1.82) is 0 Å². The number of hydrogen-bond donors (Lipinski definition) is 1. The van der Waals surface area contributed by atoms with E-state index in [9.17, 15) is 0 Å². The molecule has 29 heavy (non-hydrogen) atoms. The highest BCUT2D eigenvalue weighted by atomic mass is 32.1. The van der Waals surface area contributed by atoms with Gasteiger partial charge in [0.1, 0.15) is 5.75 Å². The zero-order chi connectivity index (χ0) is 19.8. The maximum absolute atomic E-state index is 6.30. The van der Waals surface area contributed by atoms with Crippen LogP contribution in [0.25, 0.3) is 16.3 Å². The fourth-order valence-electron chi connectivity index (χ4n) is 4.14. The second kappa shape index (κ2) is 7.76. The monoisotopic (exact) mass is 407 g/mol. The van der Waals surface area contributed by atoms with Gasteiger partial charge in [0, 0.05) is 30.8 Å². The van der Waals surface area contributed by atoms with Crippen LogP contribution in [0.15, 0.2) is 40.8 Å². The summed E-state index contributed by atoms with van der Waals surface area (Å²) in [5, 5.41) is 8.77. The molecule has 6 heteroatoms. The van der Waals surface area contributed by atoms with Crippen molar-refractivity contribution in [3.63, 3.8) is 0 Å². The lowest BCUT2D eigenvalue weighted by molar-refractivity contribution is 0.0238. The lowest BCUT2D eigenvalue weighted by atomic mass is 9.95. The first-order valence-corrected chi connectivity index (χ1v) is 11.1. The minimum absolute atomic E-state index is 0.168. The highest BCUT2D eigenvalue weighted by Crippen LogP contribution is 2.25. The molecule has 150 valence electrons. The van der Waals surface area contributed by atoms with Gasteiger partial charge in [-0.05, 0) is 73.2 Å². The maximum Gasteiger partial charge on any atom is 0.162 e. The molecule has 4 heterocycles. The first-order chi connectivity index (χ1) is 14.2. The lowest BCUT2D eigenvalue weighted by Gasteiger charge is -2.28. The Morgan fingerprint density at radius 2 is 2.10 bits per heavy atom. The van der Waals surface area contributed by atoms with Crippen LogP contribution in [0.2, 0.25) is 0 Å². The van der Waals surface area contributed by atoms with E-state index in [0.29, 0.717) is 5.92 Å². The van der Waals surface area contributed by atoms with Gasteiger partial charge in [0.25, 0.3) is 0 Å². The molecular formula is C23H25N3O2S. The number of nitrogens with zero attached hydrogens (tertiary/aromatic N) is 2. The molecule has 1 N–H and O–H groups in total. The first-order valence-electron chi connectivity index (χ1n) is 10.2. The van der Waals surface area contributed by atoms with Crippen LogP contribution in [-0.2, 0) is 4.74 Å². The third-order valence-electron chi connectivity index (χ3n) is 5.85. The Morgan fingerprint density at radius 3 is 2.97 bits per heavy atom. The number of rotatable bonds is 4. The summed E-state index contributed by atoms with van der Waals surface area (Å²) in [6.45, 7) is 5.94. The third-order valence-corrected chi connectivity index (χ3v) is 6.72. The van der Waals surface area contributed by atoms with Gasteiger partial charge in [-0.3, -0.25) is 9.98 Å². The van der Waals surface area contributed by atoms with Gasteiger partial charge < -0.3 is 14.8 Å². The van der Waals surface area contributed by atoms with Crippen LogP contribution in [0.1, 0.15) is 37.2 Å². The molecule has 1 saturated heterocycles. The molecule has 2 aliphatic heterocycles. The summed E-state index contributed by atoms with van der Waals surface area (Å²) in [5.74, 6) is 1.46. The van der Waals surface area contributed by atoms with Crippen LogP contribution in [-0.4, -0.2) is 24.3 Å². The van der Waals surface area contributed by atoms with Crippen molar-refractivity contribution >= 4 is 27.6 Å². The molecule has 0 bridgehead atoms. The summed E-state index contributed by atoms with van der Waals surface area (Å²) in [4.78, 5) is 9.56. The number of thiophene rings is 1. The quantitative estimate of drug-likeness (QED) is 0.720. The Bertz CT molecular complexity index is 1150. The molecule has 2 aromatic heterocycles. The fourth-order valence-corrected chi connectivity index (χ4v) is 4.88. The van der Waals surface area contributed by atoms with E-state index in [4.69, 9.17) is 14.5 Å². The molecule has 0 aliphatic carbocycles. The van der Waals surface area contributed by atoms with E-state index in [1.54, 1.807) is 11.3 Å². The zero-order valence-corrected chi connectivity index (χ0v) is 17.5. The van der Waals surface area contributed by atoms with Crippen LogP contribution >= 0.6 is 11.3 Å². The fraction of sp³-hybridized carbons (Fsp3) is 0.391. The first kappa shape index (κ1) is 18.6. The number of fused-ring (bicyclic) bond motifs is 2. The van der Waals surface area contributed by atoms with E-state index < -0.39 is 0 Å². The number of aromatic nitrogens is 1. The van der Waals surface area contributed by atoms with Crippen LogP contribution in [0.3, 0.4) is 0 Å². The Balaban J connectivity index is 1.41. The maximum atomic E-state index is 6.30. The second-order valence-electron chi connectivity index (χ2n) is 7.86. The number of benzene rings is 1. The van der Waals surface area contributed by atoms with Crippen molar-refractivity contribution in [1.82, 2.24) is 10.3 Å². The Labute approximate surface area is 174 Å². The molecule has 0 spiro atoms. The van der Waals surface area contributed by atoms with E-state index >= 15 is 0 Å². The highest BCUT2D eigenvalue weighted by molar-refractivity contribution is 7.17. The normalized spacial score (nSPS) is 20.3. The summed E-state index contributed by atoms with van der Waals surface area (Å²) in [6, 6.07) is 8.43. The number of nitrogens with one attached hydrogen (secondary N) is 1. The number of ether oxygens (including phenoxy) is 2. The second-order valence-corrected chi connectivity index (χ2v) is 8.81. The van der Waals surface area contributed by atoms with Crippen molar-refractivity contribution in [2.75, 3.05) is 13.2 Å². The molecule has 0 saturated carbocycles. The molecule has 1 aromatic carbocycles. The topological polar surface area (TPSA) is 55.7 Å². The van der Waals surface area contributed by atoms with Crippen molar-refractivity contribution < 1.29 is 9.47 Å². The van der Waals surface area contributed by atoms with E-state index in [0.717, 1.165) is 53.6 Å². The van der Waals surface area contributed by atoms with Gasteiger partial charge in [-0.25, -0.2) is 0 Å². The number of aryl methyl sites for hydroxylation is 1. The zero-order valence-electron chi connectivity index (χ0n) is 16.7. The SMILES string of the molecule is Cc1cc(OC(C)C2CCOCC2)cc2c1=NC(c1cc3ccsc3cn1)NC=2. The van der Waals surface area contributed by atoms with Crippen molar-refractivity contribution in [3.8, 4) is 5.75 Å². The van der Waals surface area contributed by atoms with Crippen LogP contribution < -0.4 is 20.6 Å². The summed E-state index contributed by atoms with van der Waals surface area (Å²) >= 11 is 1.71. The molecule has 1 fully saturated rings. The molecule has 2 aliphatic rings. The van der Waals surface area contributed by atoms with Crippen molar-refractivity contribution in [3.05, 3.63) is 57.7 Å². The largest absolute Gasteiger partial charge is 0.490 e. The summed E-state index contributed by atoms with van der Waals surface area (Å²) in [5.41, 5.74) is 2.06. The summed E-state index contributed by atoms with van der Waals surface area (Å²) in [6.07, 6.45) is 6.11. The van der Waals surface area contributed by atoms with Gasteiger partial charge in [0.2, 0.25) is 0 Å². The van der Waals surface area contributed by atoms with E-state index in [-0.39, 0.29) is 12.3 Å². The van der Waals surface area contributed by atoms with E-state index in [1.807, 2.05) is 12.4 Å². The minimum atomic E-state index is -0.168. The highest BCUT2D eigenvalue weighted by Gasteiger charge is 2.22. The minimum Gasteiger partial charge on any atom is -0.490 e. The van der Waals surface area contributed by atoms with Gasteiger partial charge in [0.05, 0.1) is 21.9 Å². The van der Waals surface area contributed by atoms with Gasteiger partial charge in [-0.1, -0.05) is 0 Å². The standard InChI is InChI=1S/C23H25N3O2S/c1-14-9-19(28-15(2)16-3-6-27-7-4-16)10-18-12-25-23(26-22(14)18)20-11-17-5-8-29-21(17)13-24-20/h5,8-13,15-16,23,25H,3-4,6-7H2,1-2H3. The lowest BCUT2D eigenvalue weighted by Crippen LogP contribution is -2.37. The molecule has 0 radical (unpaired) electrons. The van der Waals surface area contributed by atoms with Crippen molar-refractivity contribution in [2.24, 2.45) is 10.9 Å². The van der Waals surface area contributed by atoms with E-state index in [2.05, 4.69) is 53.8 Å². The average Bonchev–Trinajstić information content (AvgIpc) is 3.22. The predicted octanol–water partition coefficient (Wildman–Crippen LogP) is 3.46. The average molecular weight is 408 g/mol. The van der Waals surface area contributed by atoms with Crippen LogP contribution in [0, 0.1) is 12.8 Å². The molecule has 5 rings (SSSR count). The summed E-state index contributed by atoms with van der Waals surface area (Å²) in [7, 11) is 0. The van der Waals surface area contributed by atoms with Crippen LogP contribution in [0.5, 0.6) is 5.75 Å². The molecule has 5 nitrogen and oxygen atoms in total. The molecule has 2 unspecified atom stereocenters. The predicted molar refractivity (Wildman–Crippen MR) is 116 cm³/mol. The van der Waals surface area contributed by atoms with Crippen molar-refractivity contribution in [2.45, 2.75) is 39.0 Å². The Kier molecular flexibility index (Phi) is 4.97. The smallest absolute Gasteiger partial charge is 0.162 e. The molecular weight excluding hydrogens is 382 g/mol. The van der Waals surface area contributed by atoms with Gasteiger partial charge in [0.15, 0.2) is 6.17 Å². The summed E-state index contributed by atoms with van der Waals surface area (Å²) < 4.78 is 13.0. The number of hydrogen-bond acceptors (Lipinski definition) is 6. The van der Waals surface area contributed by atoms with Gasteiger partial charge >= 0.3 is 0 Å². The molecule has 2 atom stereocenters. The number of pyridine rings is 1. The van der Waals surface area contributed by atoms with Gasteiger partial charge in [-0.15, -0.1) is 11.3 Å². The Morgan fingerprint density at radius 1 is 1.24 bits per heavy atom. The van der Waals surface area contributed by atoms with Gasteiger partial charge in [-0.2, -0.15) is 0 Å². The Hall–Kier alpha value is -2.44. The van der Waals surface area contributed by atoms with E-state index in [1.165, 1.54) is 10.1 Å². The molecule has 0 amide bonds.